The molecule has 0 unspecified atom stereocenters. The van der Waals surface area contributed by atoms with E-state index in [-0.39, 0.29) is 0 Å². The average molecular weight is 267 g/mol. The van der Waals surface area contributed by atoms with Crippen LogP contribution in [0.2, 0.25) is 0 Å². The molecule has 0 aromatic heterocycles. The Kier molecular flexibility index (Phi) is 3.54. The van der Waals surface area contributed by atoms with Crippen LogP contribution in [0.25, 0.3) is 0 Å². The molecule has 1 heterocycles. The highest BCUT2D eigenvalue weighted by Crippen LogP contribution is 2.30. The standard InChI is InChI=1S/C16H17N3O/c17-16(18-13-7-2-1-3-8-13)19-11-6-12-20-15-10-5-4-9-14(15)19/h1-5,7-10H,6,11-12H2,(H2,17,18). The monoisotopic (exact) mass is 267 g/mol. The summed E-state index contributed by atoms with van der Waals surface area (Å²) in [5, 5.41) is 0. The third kappa shape index (κ3) is 2.59. The van der Waals surface area contributed by atoms with Crippen molar-refractivity contribution < 1.29 is 4.74 Å². The van der Waals surface area contributed by atoms with E-state index in [0.717, 1.165) is 30.1 Å². The largest absolute Gasteiger partial charge is 0.491 e. The first-order valence-corrected chi connectivity index (χ1v) is 6.73. The predicted molar refractivity (Wildman–Crippen MR) is 81.6 cm³/mol. The van der Waals surface area contributed by atoms with Crippen molar-refractivity contribution in [2.24, 2.45) is 10.7 Å². The molecule has 4 heteroatoms. The zero-order valence-corrected chi connectivity index (χ0v) is 11.2. The molecule has 0 spiro atoms. The number of benzene rings is 2. The van der Waals surface area contributed by atoms with Crippen LogP contribution in [0.15, 0.2) is 59.6 Å². The number of fused-ring (bicyclic) bond motifs is 1. The molecule has 2 N–H and O–H groups in total. The lowest BCUT2D eigenvalue weighted by molar-refractivity contribution is 0.322. The van der Waals surface area contributed by atoms with Gasteiger partial charge in [-0.2, -0.15) is 0 Å². The Balaban J connectivity index is 1.95. The average Bonchev–Trinajstić information content (AvgIpc) is 2.70. The molecule has 0 atom stereocenters. The Morgan fingerprint density at radius 3 is 2.65 bits per heavy atom. The van der Waals surface area contributed by atoms with Gasteiger partial charge < -0.3 is 15.4 Å². The number of hydrogen-bond acceptors (Lipinski definition) is 2. The van der Waals surface area contributed by atoms with E-state index in [4.69, 9.17) is 10.5 Å². The first kappa shape index (κ1) is 12.5. The van der Waals surface area contributed by atoms with Gasteiger partial charge in [-0.1, -0.05) is 30.3 Å². The molecular formula is C16H17N3O. The van der Waals surface area contributed by atoms with E-state index in [1.807, 2.05) is 59.5 Å². The molecule has 1 aliphatic heterocycles. The Bertz CT molecular complexity index is 610. The number of ether oxygens (including phenoxy) is 1. The molecular weight excluding hydrogens is 250 g/mol. The smallest absolute Gasteiger partial charge is 0.201 e. The number of nitrogens with zero attached hydrogens (tertiary/aromatic N) is 2. The quantitative estimate of drug-likeness (QED) is 0.638. The van der Waals surface area contributed by atoms with E-state index < -0.39 is 0 Å². The molecule has 0 bridgehead atoms. The van der Waals surface area contributed by atoms with E-state index in [2.05, 4.69) is 4.99 Å². The summed E-state index contributed by atoms with van der Waals surface area (Å²) >= 11 is 0. The van der Waals surface area contributed by atoms with E-state index in [9.17, 15) is 0 Å². The number of hydrogen-bond donors (Lipinski definition) is 1. The van der Waals surface area contributed by atoms with Crippen molar-refractivity contribution in [1.29, 1.82) is 0 Å². The van der Waals surface area contributed by atoms with Gasteiger partial charge in [0.1, 0.15) is 5.75 Å². The van der Waals surface area contributed by atoms with Crippen LogP contribution in [0.1, 0.15) is 6.42 Å². The lowest BCUT2D eigenvalue weighted by Crippen LogP contribution is -2.37. The van der Waals surface area contributed by atoms with Crippen molar-refractivity contribution in [1.82, 2.24) is 0 Å². The minimum atomic E-state index is 0.495. The highest BCUT2D eigenvalue weighted by Gasteiger charge is 2.18. The lowest BCUT2D eigenvalue weighted by atomic mass is 10.2. The summed E-state index contributed by atoms with van der Waals surface area (Å²) in [7, 11) is 0. The fraction of sp³-hybridized carbons (Fsp3) is 0.188. The zero-order valence-electron chi connectivity index (χ0n) is 11.2. The Hall–Kier alpha value is -2.49. The van der Waals surface area contributed by atoms with Crippen LogP contribution >= 0.6 is 0 Å². The third-order valence-electron chi connectivity index (χ3n) is 3.22. The molecule has 0 saturated heterocycles. The number of rotatable bonds is 1. The third-order valence-corrected chi connectivity index (χ3v) is 3.22. The molecule has 1 aliphatic rings. The highest BCUT2D eigenvalue weighted by atomic mass is 16.5. The van der Waals surface area contributed by atoms with Gasteiger partial charge in [0.05, 0.1) is 18.0 Å². The van der Waals surface area contributed by atoms with E-state index >= 15 is 0 Å². The van der Waals surface area contributed by atoms with Gasteiger partial charge in [0, 0.05) is 6.54 Å². The molecule has 0 aliphatic carbocycles. The van der Waals surface area contributed by atoms with Gasteiger partial charge in [-0.3, -0.25) is 0 Å². The van der Waals surface area contributed by atoms with Gasteiger partial charge in [-0.25, -0.2) is 4.99 Å². The van der Waals surface area contributed by atoms with Crippen molar-refractivity contribution in [3.8, 4) is 5.75 Å². The van der Waals surface area contributed by atoms with Crippen molar-refractivity contribution in [3.63, 3.8) is 0 Å². The van der Waals surface area contributed by atoms with Crippen LogP contribution in [-0.4, -0.2) is 19.1 Å². The molecule has 0 radical (unpaired) electrons. The first-order valence-electron chi connectivity index (χ1n) is 6.73. The Morgan fingerprint density at radius 1 is 1.05 bits per heavy atom. The second-order valence-electron chi connectivity index (χ2n) is 4.63. The van der Waals surface area contributed by atoms with Gasteiger partial charge in [0.25, 0.3) is 0 Å². The summed E-state index contributed by atoms with van der Waals surface area (Å²) in [5.41, 5.74) is 8.01. The summed E-state index contributed by atoms with van der Waals surface area (Å²) in [6.45, 7) is 1.51. The van der Waals surface area contributed by atoms with Crippen LogP contribution in [0.4, 0.5) is 11.4 Å². The second kappa shape index (κ2) is 5.65. The van der Waals surface area contributed by atoms with E-state index in [0.29, 0.717) is 12.6 Å². The molecule has 0 fully saturated rings. The molecule has 3 rings (SSSR count). The van der Waals surface area contributed by atoms with Crippen LogP contribution in [0, 0.1) is 0 Å². The van der Waals surface area contributed by atoms with Crippen LogP contribution in [-0.2, 0) is 0 Å². The predicted octanol–water partition coefficient (Wildman–Crippen LogP) is 2.92. The summed E-state index contributed by atoms with van der Waals surface area (Å²) in [4.78, 5) is 6.50. The molecule has 4 nitrogen and oxygen atoms in total. The maximum Gasteiger partial charge on any atom is 0.201 e. The maximum absolute atomic E-state index is 6.19. The number of aliphatic imine (C=N–C) groups is 1. The summed E-state index contributed by atoms with van der Waals surface area (Å²) < 4.78 is 5.73. The molecule has 2 aromatic rings. The van der Waals surface area contributed by atoms with Gasteiger partial charge >= 0.3 is 0 Å². The fourth-order valence-corrected chi connectivity index (χ4v) is 2.26. The van der Waals surface area contributed by atoms with E-state index in [1.165, 1.54) is 0 Å². The van der Waals surface area contributed by atoms with Crippen molar-refractivity contribution >= 4 is 17.3 Å². The minimum Gasteiger partial charge on any atom is -0.491 e. The summed E-state index contributed by atoms with van der Waals surface area (Å²) in [6, 6.07) is 17.7. The second-order valence-corrected chi connectivity index (χ2v) is 4.63. The SMILES string of the molecule is NC(=Nc1ccccc1)N1CCCOc2ccccc21. The number of anilines is 1. The summed E-state index contributed by atoms with van der Waals surface area (Å²) in [5.74, 6) is 1.35. The van der Waals surface area contributed by atoms with Crippen molar-refractivity contribution in [3.05, 3.63) is 54.6 Å². The number of para-hydroxylation sites is 3. The maximum atomic E-state index is 6.19. The Morgan fingerprint density at radius 2 is 1.80 bits per heavy atom. The topological polar surface area (TPSA) is 50.8 Å². The molecule has 0 amide bonds. The first-order chi connectivity index (χ1) is 9.84. The normalized spacial score (nSPS) is 15.2. The minimum absolute atomic E-state index is 0.495. The van der Waals surface area contributed by atoms with Gasteiger partial charge in [0.15, 0.2) is 0 Å². The number of guanidine groups is 1. The van der Waals surface area contributed by atoms with E-state index in [1.54, 1.807) is 0 Å². The van der Waals surface area contributed by atoms with Gasteiger partial charge in [0.2, 0.25) is 5.96 Å². The molecule has 102 valence electrons. The molecule has 0 saturated carbocycles. The number of nitrogens with two attached hydrogens (primary N) is 1. The van der Waals surface area contributed by atoms with Gasteiger partial charge in [-0.05, 0) is 30.7 Å². The lowest BCUT2D eigenvalue weighted by Gasteiger charge is -2.22. The fourth-order valence-electron chi connectivity index (χ4n) is 2.26. The van der Waals surface area contributed by atoms with Crippen LogP contribution in [0.3, 0.4) is 0 Å². The van der Waals surface area contributed by atoms with Crippen molar-refractivity contribution in [2.75, 3.05) is 18.1 Å². The van der Waals surface area contributed by atoms with Crippen LogP contribution < -0.4 is 15.4 Å². The summed E-state index contributed by atoms with van der Waals surface area (Å²) in [6.07, 6.45) is 0.916. The molecule has 20 heavy (non-hydrogen) atoms. The molecule has 2 aromatic carbocycles. The zero-order chi connectivity index (χ0) is 13.8. The Labute approximate surface area is 118 Å². The van der Waals surface area contributed by atoms with Crippen molar-refractivity contribution in [2.45, 2.75) is 6.42 Å². The van der Waals surface area contributed by atoms with Crippen LogP contribution in [0.5, 0.6) is 5.75 Å². The van der Waals surface area contributed by atoms with Gasteiger partial charge in [-0.15, -0.1) is 0 Å². The highest BCUT2D eigenvalue weighted by molar-refractivity contribution is 5.97.